The van der Waals surface area contributed by atoms with Gasteiger partial charge in [0, 0.05) is 7.05 Å². The van der Waals surface area contributed by atoms with Crippen molar-refractivity contribution in [2.24, 2.45) is 7.05 Å². The molecular weight excluding hydrogens is 364 g/mol. The first kappa shape index (κ1) is 16.2. The van der Waals surface area contributed by atoms with Gasteiger partial charge in [0.05, 0.1) is 21.7 Å². The molecule has 0 saturated heterocycles. The average molecular weight is 377 g/mol. The lowest BCUT2D eigenvalue weighted by atomic mass is 10.3. The van der Waals surface area contributed by atoms with Gasteiger partial charge in [0.25, 0.3) is 0 Å². The standard InChI is InChI=1S/C16H13F2N5S2/c1-22-14(12-7-4-8-24-12)20-21-16(22)25-9-13-19-10-5-2-3-6-11(10)23(13)15(17)18/h2-8,15H,9H2,1H3. The number of imidazole rings is 1. The van der Waals surface area contributed by atoms with Crippen LogP contribution in [0.2, 0.25) is 0 Å². The molecule has 0 amide bonds. The van der Waals surface area contributed by atoms with Crippen molar-refractivity contribution in [3.05, 3.63) is 47.6 Å². The lowest BCUT2D eigenvalue weighted by Crippen LogP contribution is -2.04. The van der Waals surface area contributed by atoms with E-state index in [1.165, 1.54) is 11.8 Å². The van der Waals surface area contributed by atoms with Gasteiger partial charge in [0.15, 0.2) is 11.0 Å². The number of aromatic nitrogens is 5. The Morgan fingerprint density at radius 3 is 2.76 bits per heavy atom. The van der Waals surface area contributed by atoms with E-state index in [4.69, 9.17) is 0 Å². The first-order valence-corrected chi connectivity index (χ1v) is 9.31. The molecule has 0 unspecified atom stereocenters. The van der Waals surface area contributed by atoms with Crippen molar-refractivity contribution in [2.75, 3.05) is 0 Å². The van der Waals surface area contributed by atoms with Gasteiger partial charge in [-0.1, -0.05) is 30.0 Å². The Kier molecular flexibility index (Phi) is 4.26. The topological polar surface area (TPSA) is 48.5 Å². The smallest absolute Gasteiger partial charge is 0.304 e. The number of hydrogen-bond acceptors (Lipinski definition) is 5. The molecule has 0 atom stereocenters. The van der Waals surface area contributed by atoms with Crippen LogP contribution in [0, 0.1) is 0 Å². The summed E-state index contributed by atoms with van der Waals surface area (Å²) < 4.78 is 29.8. The number of hydrogen-bond donors (Lipinski definition) is 0. The van der Waals surface area contributed by atoms with E-state index in [0.717, 1.165) is 15.3 Å². The minimum absolute atomic E-state index is 0.287. The van der Waals surface area contributed by atoms with Crippen LogP contribution in [0.1, 0.15) is 12.4 Å². The molecule has 0 aliphatic rings. The van der Waals surface area contributed by atoms with Crippen LogP contribution in [0.4, 0.5) is 8.78 Å². The maximum atomic E-state index is 13.5. The minimum atomic E-state index is -2.64. The fraction of sp³-hybridized carbons (Fsp3) is 0.188. The maximum absolute atomic E-state index is 13.5. The second-order valence-corrected chi connectivity index (χ2v) is 7.19. The predicted octanol–water partition coefficient (Wildman–Crippen LogP) is 4.58. The van der Waals surface area contributed by atoms with E-state index in [-0.39, 0.29) is 5.75 Å². The molecule has 0 bridgehead atoms. The zero-order valence-corrected chi connectivity index (χ0v) is 14.8. The molecule has 0 aliphatic carbocycles. The summed E-state index contributed by atoms with van der Waals surface area (Å²) in [7, 11) is 1.87. The van der Waals surface area contributed by atoms with E-state index in [9.17, 15) is 8.78 Å². The third kappa shape index (κ3) is 2.93. The summed E-state index contributed by atoms with van der Waals surface area (Å²) >= 11 is 2.92. The average Bonchev–Trinajstić information content (AvgIpc) is 3.30. The molecule has 9 heteroatoms. The monoisotopic (exact) mass is 377 g/mol. The van der Waals surface area contributed by atoms with Crippen molar-refractivity contribution in [2.45, 2.75) is 17.5 Å². The number of nitrogens with zero attached hydrogens (tertiary/aromatic N) is 5. The summed E-state index contributed by atoms with van der Waals surface area (Å²) in [6.45, 7) is -2.64. The summed E-state index contributed by atoms with van der Waals surface area (Å²) in [5.41, 5.74) is 1.00. The number of halogens is 2. The summed E-state index contributed by atoms with van der Waals surface area (Å²) in [6.07, 6.45) is 0. The van der Waals surface area contributed by atoms with Gasteiger partial charge in [0.2, 0.25) is 0 Å². The van der Waals surface area contributed by atoms with Crippen molar-refractivity contribution >= 4 is 34.1 Å². The molecule has 3 heterocycles. The number of alkyl halides is 2. The minimum Gasteiger partial charge on any atom is -0.304 e. The van der Waals surface area contributed by atoms with E-state index < -0.39 is 6.55 Å². The molecule has 0 fully saturated rings. The van der Waals surface area contributed by atoms with Crippen LogP contribution in [0.15, 0.2) is 46.9 Å². The number of thiophene rings is 1. The van der Waals surface area contributed by atoms with Gasteiger partial charge in [-0.15, -0.1) is 21.5 Å². The summed E-state index contributed by atoms with van der Waals surface area (Å²) in [4.78, 5) is 5.36. The lowest BCUT2D eigenvalue weighted by Gasteiger charge is -2.07. The Morgan fingerprint density at radius 2 is 2.00 bits per heavy atom. The van der Waals surface area contributed by atoms with E-state index >= 15 is 0 Å². The Bertz CT molecular complexity index is 1010. The molecule has 0 saturated carbocycles. The number of thioether (sulfide) groups is 1. The Balaban J connectivity index is 1.62. The number of benzene rings is 1. The Labute approximate surface area is 150 Å². The van der Waals surface area contributed by atoms with Crippen LogP contribution in [-0.4, -0.2) is 24.3 Å². The Morgan fingerprint density at radius 1 is 1.16 bits per heavy atom. The molecular formula is C16H13F2N5S2. The third-order valence-corrected chi connectivity index (χ3v) is 5.65. The highest BCUT2D eigenvalue weighted by Crippen LogP contribution is 2.30. The SMILES string of the molecule is Cn1c(SCc2nc3ccccc3n2C(F)F)nnc1-c1cccs1. The molecule has 128 valence electrons. The summed E-state index contributed by atoms with van der Waals surface area (Å²) in [6, 6.07) is 10.8. The molecule has 0 spiro atoms. The number of fused-ring (bicyclic) bond motifs is 1. The first-order valence-electron chi connectivity index (χ1n) is 7.45. The van der Waals surface area contributed by atoms with Crippen LogP contribution >= 0.6 is 23.1 Å². The van der Waals surface area contributed by atoms with E-state index in [0.29, 0.717) is 22.0 Å². The fourth-order valence-corrected chi connectivity index (χ4v) is 4.19. The quantitative estimate of drug-likeness (QED) is 0.478. The van der Waals surface area contributed by atoms with E-state index in [1.54, 1.807) is 35.6 Å². The molecule has 5 nitrogen and oxygen atoms in total. The van der Waals surface area contributed by atoms with Crippen LogP contribution < -0.4 is 0 Å². The van der Waals surface area contributed by atoms with E-state index in [1.807, 2.05) is 29.1 Å². The normalized spacial score (nSPS) is 11.7. The second-order valence-electron chi connectivity index (χ2n) is 5.30. The molecule has 0 aliphatic heterocycles. The van der Waals surface area contributed by atoms with Gasteiger partial charge >= 0.3 is 6.55 Å². The van der Waals surface area contributed by atoms with Crippen molar-refractivity contribution in [1.29, 1.82) is 0 Å². The molecule has 4 aromatic rings. The van der Waals surface area contributed by atoms with Gasteiger partial charge in [-0.2, -0.15) is 8.78 Å². The second kappa shape index (κ2) is 6.57. The maximum Gasteiger partial charge on any atom is 0.320 e. The highest BCUT2D eigenvalue weighted by atomic mass is 32.2. The molecule has 3 aromatic heterocycles. The summed E-state index contributed by atoms with van der Waals surface area (Å²) in [5, 5.41) is 11.0. The third-order valence-electron chi connectivity index (χ3n) is 3.77. The highest BCUT2D eigenvalue weighted by molar-refractivity contribution is 7.98. The van der Waals surface area contributed by atoms with Gasteiger partial charge in [0.1, 0.15) is 5.82 Å². The molecule has 1 aromatic carbocycles. The molecule has 0 radical (unpaired) electrons. The first-order chi connectivity index (χ1) is 12.1. The largest absolute Gasteiger partial charge is 0.320 e. The van der Waals surface area contributed by atoms with Crippen LogP contribution in [0.3, 0.4) is 0 Å². The van der Waals surface area contributed by atoms with Crippen molar-refractivity contribution in [3.8, 4) is 10.7 Å². The zero-order valence-electron chi connectivity index (χ0n) is 13.1. The Hall–Kier alpha value is -2.26. The van der Waals surface area contributed by atoms with Gasteiger partial charge in [-0.05, 0) is 23.6 Å². The number of rotatable bonds is 5. The van der Waals surface area contributed by atoms with Crippen molar-refractivity contribution in [3.63, 3.8) is 0 Å². The van der Waals surface area contributed by atoms with Crippen LogP contribution in [0.25, 0.3) is 21.7 Å². The van der Waals surface area contributed by atoms with Crippen LogP contribution in [-0.2, 0) is 12.8 Å². The lowest BCUT2D eigenvalue weighted by molar-refractivity contribution is 0.0722. The molecule has 0 N–H and O–H groups in total. The van der Waals surface area contributed by atoms with Crippen LogP contribution in [0.5, 0.6) is 0 Å². The zero-order chi connectivity index (χ0) is 17.4. The number of para-hydroxylation sites is 2. The van der Waals surface area contributed by atoms with Crippen molar-refractivity contribution in [1.82, 2.24) is 24.3 Å². The van der Waals surface area contributed by atoms with E-state index in [2.05, 4.69) is 15.2 Å². The fourth-order valence-electron chi connectivity index (χ4n) is 2.60. The molecule has 25 heavy (non-hydrogen) atoms. The predicted molar refractivity (Wildman–Crippen MR) is 94.9 cm³/mol. The molecule has 4 rings (SSSR count). The summed E-state index contributed by atoms with van der Waals surface area (Å²) in [5.74, 6) is 1.37. The van der Waals surface area contributed by atoms with Gasteiger partial charge in [-0.25, -0.2) is 4.98 Å². The highest BCUT2D eigenvalue weighted by Gasteiger charge is 2.19. The van der Waals surface area contributed by atoms with Crippen molar-refractivity contribution < 1.29 is 8.78 Å². The van der Waals surface area contributed by atoms with Gasteiger partial charge in [-0.3, -0.25) is 4.57 Å². The van der Waals surface area contributed by atoms with Gasteiger partial charge < -0.3 is 4.57 Å².